The van der Waals surface area contributed by atoms with Crippen LogP contribution in [0.1, 0.15) is 12.5 Å². The van der Waals surface area contributed by atoms with Crippen molar-refractivity contribution in [1.29, 1.82) is 0 Å². The third-order valence-electron chi connectivity index (χ3n) is 3.62. The van der Waals surface area contributed by atoms with E-state index in [0.29, 0.717) is 24.6 Å². The Balaban J connectivity index is 1.59. The van der Waals surface area contributed by atoms with Crippen LogP contribution >= 0.6 is 11.6 Å². The molecule has 1 aromatic carbocycles. The molecule has 0 saturated heterocycles. The van der Waals surface area contributed by atoms with Crippen LogP contribution in [0.4, 0.5) is 0 Å². The van der Waals surface area contributed by atoms with Crippen molar-refractivity contribution in [3.63, 3.8) is 0 Å². The predicted octanol–water partition coefficient (Wildman–Crippen LogP) is 1.69. The highest BCUT2D eigenvalue weighted by atomic mass is 35.5. The number of carbonyl (C=O) groups is 1. The molecule has 116 valence electrons. The molecule has 1 aliphatic heterocycles. The van der Waals surface area contributed by atoms with E-state index in [4.69, 9.17) is 16.3 Å². The van der Waals surface area contributed by atoms with Gasteiger partial charge in [-0.25, -0.2) is 4.98 Å². The number of ether oxygens (including phenoxy) is 1. The van der Waals surface area contributed by atoms with Crippen LogP contribution in [0.2, 0.25) is 5.02 Å². The average molecular weight is 321 g/mol. The molecular weight excluding hydrogens is 304 g/mol. The lowest BCUT2D eigenvalue weighted by Crippen LogP contribution is -2.43. The zero-order chi connectivity index (χ0) is 15.5. The third-order valence-corrected chi connectivity index (χ3v) is 3.85. The van der Waals surface area contributed by atoms with E-state index in [9.17, 15) is 4.79 Å². The Bertz CT molecular complexity index is 660. The topological polar surface area (TPSA) is 69.0 Å². The summed E-state index contributed by atoms with van der Waals surface area (Å²) in [5.41, 5.74) is 0.975. The minimum atomic E-state index is -0.204. The maximum Gasteiger partial charge on any atom is 0.227 e. The van der Waals surface area contributed by atoms with E-state index in [0.717, 1.165) is 11.3 Å². The molecule has 1 amide bonds. The molecule has 22 heavy (non-hydrogen) atoms. The molecule has 0 radical (unpaired) electrons. The number of amides is 1. The van der Waals surface area contributed by atoms with E-state index in [1.165, 1.54) is 6.33 Å². The Kier molecular flexibility index (Phi) is 4.29. The molecule has 7 heteroatoms. The Morgan fingerprint density at radius 3 is 3.23 bits per heavy atom. The van der Waals surface area contributed by atoms with Gasteiger partial charge >= 0.3 is 0 Å². The standard InChI is InChI=1S/C15H17ClN4O2/c1-10(6-20-9-17-8-18-20)19-15(21)12-4-11-5-13(16)2-3-14(11)22-7-12/h2-3,5,8-10,12H,4,6-7H2,1H3,(H,19,21). The summed E-state index contributed by atoms with van der Waals surface area (Å²) < 4.78 is 7.34. The molecule has 2 aromatic rings. The van der Waals surface area contributed by atoms with Crippen molar-refractivity contribution in [2.75, 3.05) is 6.61 Å². The number of carbonyl (C=O) groups excluding carboxylic acids is 1. The van der Waals surface area contributed by atoms with Crippen LogP contribution in [0.25, 0.3) is 0 Å². The first-order valence-electron chi connectivity index (χ1n) is 7.16. The van der Waals surface area contributed by atoms with Gasteiger partial charge in [0, 0.05) is 11.1 Å². The first-order valence-corrected chi connectivity index (χ1v) is 7.53. The summed E-state index contributed by atoms with van der Waals surface area (Å²) in [4.78, 5) is 16.2. The molecule has 1 aromatic heterocycles. The molecule has 1 N–H and O–H groups in total. The maximum absolute atomic E-state index is 12.4. The summed E-state index contributed by atoms with van der Waals surface area (Å²) in [7, 11) is 0. The average Bonchev–Trinajstić information content (AvgIpc) is 2.99. The van der Waals surface area contributed by atoms with Crippen molar-refractivity contribution in [3.05, 3.63) is 41.4 Å². The summed E-state index contributed by atoms with van der Waals surface area (Å²) >= 11 is 6.00. The van der Waals surface area contributed by atoms with Crippen LogP contribution in [-0.4, -0.2) is 33.3 Å². The van der Waals surface area contributed by atoms with Crippen molar-refractivity contribution < 1.29 is 9.53 Å². The molecule has 0 aliphatic carbocycles. The number of hydrogen-bond donors (Lipinski definition) is 1. The lowest BCUT2D eigenvalue weighted by atomic mass is 9.96. The summed E-state index contributed by atoms with van der Waals surface area (Å²) in [6, 6.07) is 5.46. The number of nitrogens with zero attached hydrogens (tertiary/aromatic N) is 3. The number of benzene rings is 1. The molecule has 2 atom stereocenters. The van der Waals surface area contributed by atoms with Gasteiger partial charge in [-0.15, -0.1) is 0 Å². The first kappa shape index (κ1) is 14.8. The van der Waals surface area contributed by atoms with E-state index < -0.39 is 0 Å². The number of rotatable bonds is 4. The van der Waals surface area contributed by atoms with E-state index in [-0.39, 0.29) is 17.9 Å². The van der Waals surface area contributed by atoms with Gasteiger partial charge in [-0.2, -0.15) is 5.10 Å². The summed E-state index contributed by atoms with van der Waals surface area (Å²) in [6.07, 6.45) is 3.74. The van der Waals surface area contributed by atoms with Gasteiger partial charge < -0.3 is 10.1 Å². The SMILES string of the molecule is CC(Cn1cncn1)NC(=O)C1COc2ccc(Cl)cc2C1. The molecular formula is C15H17ClN4O2. The highest BCUT2D eigenvalue weighted by molar-refractivity contribution is 6.30. The highest BCUT2D eigenvalue weighted by Gasteiger charge is 2.27. The van der Waals surface area contributed by atoms with E-state index in [1.54, 1.807) is 17.1 Å². The van der Waals surface area contributed by atoms with Crippen molar-refractivity contribution >= 4 is 17.5 Å². The first-order chi connectivity index (χ1) is 10.6. The molecule has 0 saturated carbocycles. The second kappa shape index (κ2) is 6.36. The van der Waals surface area contributed by atoms with Gasteiger partial charge in [-0.1, -0.05) is 11.6 Å². The van der Waals surface area contributed by atoms with Crippen molar-refractivity contribution in [3.8, 4) is 5.75 Å². The summed E-state index contributed by atoms with van der Waals surface area (Å²) in [5, 5.41) is 7.68. The van der Waals surface area contributed by atoms with Gasteiger partial charge in [0.2, 0.25) is 5.91 Å². The van der Waals surface area contributed by atoms with Gasteiger partial charge in [0.15, 0.2) is 0 Å². The van der Waals surface area contributed by atoms with Crippen molar-refractivity contribution in [2.45, 2.75) is 25.9 Å². The molecule has 0 spiro atoms. The van der Waals surface area contributed by atoms with E-state index in [2.05, 4.69) is 15.4 Å². The lowest BCUT2D eigenvalue weighted by Gasteiger charge is -2.26. The molecule has 3 rings (SSSR count). The number of nitrogens with one attached hydrogen (secondary N) is 1. The Hall–Kier alpha value is -2.08. The van der Waals surface area contributed by atoms with Crippen molar-refractivity contribution in [1.82, 2.24) is 20.1 Å². The summed E-state index contributed by atoms with van der Waals surface area (Å²) in [6.45, 7) is 2.91. The maximum atomic E-state index is 12.4. The van der Waals surface area contributed by atoms with Crippen LogP contribution in [0.15, 0.2) is 30.9 Å². The van der Waals surface area contributed by atoms with Gasteiger partial charge in [0.05, 0.1) is 12.5 Å². The fourth-order valence-electron chi connectivity index (χ4n) is 2.55. The Labute approximate surface area is 133 Å². The Morgan fingerprint density at radius 2 is 2.45 bits per heavy atom. The van der Waals surface area contributed by atoms with Crippen LogP contribution in [0.3, 0.4) is 0 Å². The molecule has 2 heterocycles. The fraction of sp³-hybridized carbons (Fsp3) is 0.400. The van der Waals surface area contributed by atoms with Gasteiger partial charge in [-0.05, 0) is 37.1 Å². The van der Waals surface area contributed by atoms with Crippen LogP contribution in [0.5, 0.6) is 5.75 Å². The smallest absolute Gasteiger partial charge is 0.227 e. The highest BCUT2D eigenvalue weighted by Crippen LogP contribution is 2.29. The lowest BCUT2D eigenvalue weighted by molar-refractivity contribution is -0.127. The minimum Gasteiger partial charge on any atom is -0.492 e. The van der Waals surface area contributed by atoms with Crippen molar-refractivity contribution in [2.24, 2.45) is 5.92 Å². The zero-order valence-electron chi connectivity index (χ0n) is 12.2. The molecule has 0 fully saturated rings. The van der Waals surface area contributed by atoms with E-state index >= 15 is 0 Å². The second-order valence-electron chi connectivity index (χ2n) is 5.49. The monoisotopic (exact) mass is 320 g/mol. The van der Waals surface area contributed by atoms with Crippen LogP contribution < -0.4 is 10.1 Å². The summed E-state index contributed by atoms with van der Waals surface area (Å²) in [5.74, 6) is 0.589. The van der Waals surface area contributed by atoms with Gasteiger partial charge in [0.1, 0.15) is 25.0 Å². The minimum absolute atomic E-state index is 0.0155. The number of aromatic nitrogens is 3. The Morgan fingerprint density at radius 1 is 1.59 bits per heavy atom. The molecule has 1 aliphatic rings. The van der Waals surface area contributed by atoms with Crippen LogP contribution in [-0.2, 0) is 17.8 Å². The number of halogens is 1. The van der Waals surface area contributed by atoms with Gasteiger partial charge in [-0.3, -0.25) is 9.48 Å². The number of fused-ring (bicyclic) bond motifs is 1. The number of hydrogen-bond acceptors (Lipinski definition) is 4. The largest absolute Gasteiger partial charge is 0.492 e. The fourth-order valence-corrected chi connectivity index (χ4v) is 2.74. The third kappa shape index (κ3) is 3.39. The second-order valence-corrected chi connectivity index (χ2v) is 5.93. The normalized spacial score (nSPS) is 18.2. The van der Waals surface area contributed by atoms with Gasteiger partial charge in [0.25, 0.3) is 0 Å². The van der Waals surface area contributed by atoms with E-state index in [1.807, 2.05) is 19.1 Å². The zero-order valence-corrected chi connectivity index (χ0v) is 13.0. The quantitative estimate of drug-likeness (QED) is 0.930. The molecule has 6 nitrogen and oxygen atoms in total. The van der Waals surface area contributed by atoms with Crippen LogP contribution in [0, 0.1) is 5.92 Å². The molecule has 2 unspecified atom stereocenters. The predicted molar refractivity (Wildman–Crippen MR) is 81.8 cm³/mol. The molecule has 0 bridgehead atoms.